The fourth-order valence-electron chi connectivity index (χ4n) is 3.05. The van der Waals surface area contributed by atoms with Gasteiger partial charge in [-0.1, -0.05) is 41.5 Å². The van der Waals surface area contributed by atoms with Crippen LogP contribution >= 0.6 is 0 Å². The van der Waals surface area contributed by atoms with Crippen LogP contribution in [-0.2, 0) is 9.53 Å². The first-order valence-corrected chi connectivity index (χ1v) is 7.67. The first-order chi connectivity index (χ1) is 9.31. The molecule has 0 unspecified atom stereocenters. The van der Waals surface area contributed by atoms with Crippen LogP contribution in [-0.4, -0.2) is 18.1 Å². The van der Waals surface area contributed by atoms with Crippen molar-refractivity contribution >= 4 is 5.91 Å². The second-order valence-corrected chi connectivity index (χ2v) is 8.46. The minimum absolute atomic E-state index is 0.0864. The molecule has 0 radical (unpaired) electrons. The summed E-state index contributed by atoms with van der Waals surface area (Å²) < 4.78 is 5.08. The monoisotopic (exact) mass is 296 g/mol. The quantitative estimate of drug-likeness (QED) is 0.692. The van der Waals surface area contributed by atoms with Gasteiger partial charge in [0, 0.05) is 12.0 Å². The predicted molar refractivity (Wildman–Crippen MR) is 85.4 cm³/mol. The topological polar surface area (TPSA) is 62.1 Å². The highest BCUT2D eigenvalue weighted by Crippen LogP contribution is 2.30. The Hall–Kier alpha value is -1.24. The van der Waals surface area contributed by atoms with E-state index in [-0.39, 0.29) is 16.7 Å². The van der Waals surface area contributed by atoms with Crippen LogP contribution in [0.4, 0.5) is 0 Å². The molecule has 0 aliphatic carbocycles. The van der Waals surface area contributed by atoms with Crippen molar-refractivity contribution in [2.75, 3.05) is 6.54 Å². The van der Waals surface area contributed by atoms with Crippen LogP contribution in [0.5, 0.6) is 0 Å². The molecule has 1 amide bonds. The first-order valence-electron chi connectivity index (χ1n) is 7.67. The predicted octanol–water partition coefficient (Wildman–Crippen LogP) is 3.87. The molecule has 0 aliphatic rings. The van der Waals surface area contributed by atoms with Gasteiger partial charge in [0.1, 0.15) is 5.60 Å². The standard InChI is InChI=1S/C17H32N2O2/c1-13(2)9-16(5,6)14(20)19-11-15(3,4)10-17(7,8)21-12-18/h13H,9-11H2,1-8H3,(H,19,20). The van der Waals surface area contributed by atoms with Crippen molar-refractivity contribution < 1.29 is 9.53 Å². The number of ether oxygens (including phenoxy) is 1. The number of carbonyl (C=O) groups is 1. The zero-order chi connectivity index (χ0) is 16.9. The van der Waals surface area contributed by atoms with Gasteiger partial charge in [0.2, 0.25) is 5.91 Å². The molecule has 4 heteroatoms. The summed E-state index contributed by atoms with van der Waals surface area (Å²) >= 11 is 0. The molecular weight excluding hydrogens is 264 g/mol. The van der Waals surface area contributed by atoms with E-state index in [9.17, 15) is 4.79 Å². The molecule has 122 valence electrons. The van der Waals surface area contributed by atoms with Gasteiger partial charge in [-0.05, 0) is 38.0 Å². The number of nitrogens with zero attached hydrogens (tertiary/aromatic N) is 1. The molecule has 4 nitrogen and oxygen atoms in total. The second-order valence-electron chi connectivity index (χ2n) is 8.46. The van der Waals surface area contributed by atoms with Crippen molar-refractivity contribution in [2.45, 2.75) is 73.8 Å². The third kappa shape index (κ3) is 7.94. The van der Waals surface area contributed by atoms with Crippen LogP contribution < -0.4 is 5.32 Å². The summed E-state index contributed by atoms with van der Waals surface area (Å²) in [5.41, 5.74) is -1.01. The summed E-state index contributed by atoms with van der Waals surface area (Å²) in [7, 11) is 0. The Morgan fingerprint density at radius 3 is 2.14 bits per heavy atom. The van der Waals surface area contributed by atoms with Crippen molar-refractivity contribution in [3.8, 4) is 6.26 Å². The van der Waals surface area contributed by atoms with Crippen LogP contribution in [0, 0.1) is 28.3 Å². The van der Waals surface area contributed by atoms with Crippen LogP contribution in [0.25, 0.3) is 0 Å². The number of hydrogen-bond donors (Lipinski definition) is 1. The van der Waals surface area contributed by atoms with E-state index < -0.39 is 5.60 Å². The lowest BCUT2D eigenvalue weighted by atomic mass is 9.80. The fraction of sp³-hybridized carbons (Fsp3) is 0.882. The Labute approximate surface area is 130 Å². The van der Waals surface area contributed by atoms with Gasteiger partial charge in [-0.15, -0.1) is 0 Å². The Bertz CT molecular complexity index is 390. The van der Waals surface area contributed by atoms with Gasteiger partial charge in [0.25, 0.3) is 6.26 Å². The van der Waals surface area contributed by atoms with E-state index in [1.807, 2.05) is 27.7 Å². The van der Waals surface area contributed by atoms with E-state index in [2.05, 4.69) is 33.0 Å². The number of hydrogen-bond acceptors (Lipinski definition) is 3. The highest BCUT2D eigenvalue weighted by molar-refractivity contribution is 5.81. The average molecular weight is 296 g/mol. The lowest BCUT2D eigenvalue weighted by Gasteiger charge is -2.34. The highest BCUT2D eigenvalue weighted by atomic mass is 16.5. The summed E-state index contributed by atoms with van der Waals surface area (Å²) in [5.74, 6) is 0.574. The van der Waals surface area contributed by atoms with Crippen LogP contribution in [0.3, 0.4) is 0 Å². The van der Waals surface area contributed by atoms with E-state index in [0.717, 1.165) is 6.42 Å². The molecule has 0 rings (SSSR count). The minimum atomic E-state index is -0.517. The number of carbonyl (C=O) groups excluding carboxylic acids is 1. The van der Waals surface area contributed by atoms with Gasteiger partial charge in [-0.3, -0.25) is 4.79 Å². The molecule has 0 aromatic carbocycles. The Balaban J connectivity index is 4.56. The molecule has 0 saturated carbocycles. The first kappa shape index (κ1) is 19.8. The third-order valence-corrected chi connectivity index (χ3v) is 3.49. The SMILES string of the molecule is CC(C)CC(C)(C)C(=O)NCC(C)(C)CC(C)(C)OC#N. The smallest absolute Gasteiger partial charge is 0.286 e. The molecule has 0 aliphatic heterocycles. The summed E-state index contributed by atoms with van der Waals surface area (Å²) in [6, 6.07) is 0. The van der Waals surface area contributed by atoms with Gasteiger partial charge in [-0.2, -0.15) is 5.26 Å². The van der Waals surface area contributed by atoms with Crippen molar-refractivity contribution in [3.05, 3.63) is 0 Å². The van der Waals surface area contributed by atoms with Crippen molar-refractivity contribution in [2.24, 2.45) is 16.7 Å². The van der Waals surface area contributed by atoms with Gasteiger partial charge in [0.15, 0.2) is 0 Å². The van der Waals surface area contributed by atoms with Crippen LogP contribution in [0.15, 0.2) is 0 Å². The Morgan fingerprint density at radius 2 is 1.71 bits per heavy atom. The Kier molecular flexibility index (Phi) is 6.73. The van der Waals surface area contributed by atoms with Crippen LogP contribution in [0.1, 0.15) is 68.2 Å². The van der Waals surface area contributed by atoms with Crippen molar-refractivity contribution in [3.63, 3.8) is 0 Å². The zero-order valence-corrected chi connectivity index (χ0v) is 15.0. The van der Waals surface area contributed by atoms with E-state index in [1.165, 1.54) is 0 Å². The lowest BCUT2D eigenvalue weighted by molar-refractivity contribution is -0.130. The van der Waals surface area contributed by atoms with E-state index in [4.69, 9.17) is 10.00 Å². The number of nitriles is 1. The normalized spacial score (nSPS) is 13.0. The highest BCUT2D eigenvalue weighted by Gasteiger charge is 2.33. The van der Waals surface area contributed by atoms with Crippen molar-refractivity contribution in [1.29, 1.82) is 5.26 Å². The van der Waals surface area contributed by atoms with E-state index in [0.29, 0.717) is 18.9 Å². The zero-order valence-electron chi connectivity index (χ0n) is 15.0. The summed E-state index contributed by atoms with van der Waals surface area (Å²) in [5, 5.41) is 11.7. The molecule has 0 aromatic heterocycles. The van der Waals surface area contributed by atoms with Gasteiger partial charge in [0.05, 0.1) is 0 Å². The maximum atomic E-state index is 12.3. The summed E-state index contributed by atoms with van der Waals surface area (Å²) in [6.45, 7) is 16.7. The largest absolute Gasteiger partial charge is 0.421 e. The third-order valence-electron chi connectivity index (χ3n) is 3.49. The van der Waals surface area contributed by atoms with Crippen LogP contribution in [0.2, 0.25) is 0 Å². The number of amides is 1. The summed E-state index contributed by atoms with van der Waals surface area (Å²) in [4.78, 5) is 12.3. The van der Waals surface area contributed by atoms with Gasteiger partial charge >= 0.3 is 0 Å². The molecule has 21 heavy (non-hydrogen) atoms. The molecular formula is C17H32N2O2. The van der Waals surface area contributed by atoms with Gasteiger partial charge in [-0.25, -0.2) is 0 Å². The minimum Gasteiger partial charge on any atom is -0.421 e. The molecule has 0 bridgehead atoms. The molecule has 0 atom stereocenters. The average Bonchev–Trinajstić information content (AvgIpc) is 2.22. The molecule has 0 heterocycles. The summed E-state index contributed by atoms with van der Waals surface area (Å²) in [6.07, 6.45) is 3.31. The van der Waals surface area contributed by atoms with E-state index >= 15 is 0 Å². The van der Waals surface area contributed by atoms with Crippen molar-refractivity contribution in [1.82, 2.24) is 5.32 Å². The van der Waals surface area contributed by atoms with E-state index in [1.54, 1.807) is 6.26 Å². The molecule has 1 N–H and O–H groups in total. The number of rotatable bonds is 8. The van der Waals surface area contributed by atoms with Gasteiger partial charge < -0.3 is 10.1 Å². The molecule has 0 spiro atoms. The number of nitrogens with one attached hydrogen (secondary N) is 1. The second kappa shape index (κ2) is 7.15. The maximum absolute atomic E-state index is 12.3. The fourth-order valence-corrected chi connectivity index (χ4v) is 3.05. The molecule has 0 saturated heterocycles. The molecule has 0 fully saturated rings. The maximum Gasteiger partial charge on any atom is 0.286 e. The lowest BCUT2D eigenvalue weighted by Crippen LogP contribution is -2.44. The Morgan fingerprint density at radius 1 is 1.19 bits per heavy atom. The molecule has 0 aromatic rings.